The van der Waals surface area contributed by atoms with Gasteiger partial charge in [-0.1, -0.05) is 15.9 Å². The second kappa shape index (κ2) is 4.87. The van der Waals surface area contributed by atoms with Crippen LogP contribution in [0, 0.1) is 0 Å². The Morgan fingerprint density at radius 3 is 3.00 bits per heavy atom. The van der Waals surface area contributed by atoms with E-state index in [1.54, 1.807) is 7.11 Å². The number of hydrogen-bond acceptors (Lipinski definition) is 2. The molecule has 0 radical (unpaired) electrons. The summed E-state index contributed by atoms with van der Waals surface area (Å²) in [6.07, 6.45) is 1.91. The summed E-state index contributed by atoms with van der Waals surface area (Å²) in [5.41, 5.74) is 0.967. The molecule has 0 aliphatic carbocycles. The lowest BCUT2D eigenvalue weighted by Crippen LogP contribution is -2.35. The van der Waals surface area contributed by atoms with Gasteiger partial charge in [-0.05, 0) is 31.0 Å². The number of methoxy groups -OCH3 is 1. The van der Waals surface area contributed by atoms with Gasteiger partial charge in [-0.25, -0.2) is 0 Å². The summed E-state index contributed by atoms with van der Waals surface area (Å²) in [5.74, 6) is 0.800. The van der Waals surface area contributed by atoms with Crippen LogP contribution in [0.1, 0.15) is 24.3 Å². The molecule has 1 saturated heterocycles. The van der Waals surface area contributed by atoms with Gasteiger partial charge in [0.15, 0.2) is 0 Å². The van der Waals surface area contributed by atoms with Crippen molar-refractivity contribution in [3.8, 4) is 5.75 Å². The first-order valence-electron chi connectivity index (χ1n) is 5.33. The van der Waals surface area contributed by atoms with E-state index in [1.807, 2.05) is 18.2 Å². The molecule has 1 N–H and O–H groups in total. The predicted molar refractivity (Wildman–Crippen MR) is 65.7 cm³/mol. The van der Waals surface area contributed by atoms with Crippen LogP contribution in [0.3, 0.4) is 0 Å². The molecule has 2 rings (SSSR count). The Labute approximate surface area is 103 Å². The van der Waals surface area contributed by atoms with Crippen molar-refractivity contribution in [2.24, 2.45) is 0 Å². The highest BCUT2D eigenvalue weighted by molar-refractivity contribution is 9.10. The predicted octanol–water partition coefficient (Wildman–Crippen LogP) is 2.45. The number of benzene rings is 1. The number of hydrogen-bond donors (Lipinski definition) is 1. The summed E-state index contributed by atoms with van der Waals surface area (Å²) >= 11 is 3.42. The van der Waals surface area contributed by atoms with Crippen molar-refractivity contribution in [1.29, 1.82) is 0 Å². The number of halogens is 1. The average Bonchev–Trinajstić information content (AvgIpc) is 2.29. The van der Waals surface area contributed by atoms with E-state index in [0.717, 1.165) is 35.2 Å². The van der Waals surface area contributed by atoms with Crippen LogP contribution in [0.15, 0.2) is 22.7 Å². The molecule has 1 aliphatic heterocycles. The van der Waals surface area contributed by atoms with Crippen LogP contribution >= 0.6 is 15.9 Å². The zero-order valence-electron chi connectivity index (χ0n) is 9.13. The number of piperidine rings is 1. The van der Waals surface area contributed by atoms with Crippen molar-refractivity contribution in [2.45, 2.75) is 18.8 Å². The van der Waals surface area contributed by atoms with Crippen molar-refractivity contribution < 1.29 is 9.53 Å². The van der Waals surface area contributed by atoms with Crippen LogP contribution in [0.2, 0.25) is 0 Å². The monoisotopic (exact) mass is 283 g/mol. The fourth-order valence-electron chi connectivity index (χ4n) is 2.05. The van der Waals surface area contributed by atoms with Crippen molar-refractivity contribution in [3.05, 3.63) is 28.2 Å². The first-order valence-corrected chi connectivity index (χ1v) is 6.13. The molecule has 16 heavy (non-hydrogen) atoms. The molecule has 1 amide bonds. The van der Waals surface area contributed by atoms with Gasteiger partial charge in [-0.15, -0.1) is 0 Å². The molecule has 1 aromatic carbocycles. The number of carbonyl (C=O) groups is 1. The lowest BCUT2D eigenvalue weighted by atomic mass is 9.90. The summed E-state index contributed by atoms with van der Waals surface area (Å²) in [4.78, 5) is 11.8. The molecule has 3 nitrogen and oxygen atoms in total. The van der Waals surface area contributed by atoms with E-state index in [2.05, 4.69) is 21.2 Å². The molecule has 0 aromatic heterocycles. The highest BCUT2D eigenvalue weighted by Gasteiger charge is 2.26. The number of nitrogens with one attached hydrogen (secondary N) is 1. The molecule has 1 aliphatic rings. The summed E-state index contributed by atoms with van der Waals surface area (Å²) in [6, 6.07) is 5.78. The Bertz CT molecular complexity index is 406. The Morgan fingerprint density at radius 2 is 2.31 bits per heavy atom. The molecule has 4 heteroatoms. The minimum absolute atomic E-state index is 0.0822. The van der Waals surface area contributed by atoms with E-state index in [9.17, 15) is 4.79 Å². The molecule has 86 valence electrons. The topological polar surface area (TPSA) is 38.3 Å². The minimum atomic E-state index is -0.0822. The van der Waals surface area contributed by atoms with Gasteiger partial charge in [0.05, 0.1) is 13.0 Å². The maximum Gasteiger partial charge on any atom is 0.227 e. The van der Waals surface area contributed by atoms with E-state index < -0.39 is 0 Å². The minimum Gasteiger partial charge on any atom is -0.496 e. The number of amides is 1. The summed E-state index contributed by atoms with van der Waals surface area (Å²) in [6.45, 7) is 0.783. The third kappa shape index (κ3) is 2.21. The maximum atomic E-state index is 11.8. The maximum absolute atomic E-state index is 11.8. The molecule has 1 atom stereocenters. The van der Waals surface area contributed by atoms with Crippen LogP contribution in [0.5, 0.6) is 5.75 Å². The zero-order valence-corrected chi connectivity index (χ0v) is 10.7. The van der Waals surface area contributed by atoms with E-state index in [-0.39, 0.29) is 11.8 Å². The average molecular weight is 284 g/mol. The molecular weight excluding hydrogens is 270 g/mol. The molecule has 0 spiro atoms. The number of carbonyl (C=O) groups excluding carboxylic acids is 1. The standard InChI is InChI=1S/C12H14BrNO2/c1-16-11-5-4-8(13)7-10(11)9-3-2-6-14-12(9)15/h4-5,7,9H,2-3,6H2,1H3,(H,14,15). The van der Waals surface area contributed by atoms with E-state index in [4.69, 9.17) is 4.74 Å². The van der Waals surface area contributed by atoms with Crippen LogP contribution in [-0.2, 0) is 4.79 Å². The molecule has 1 heterocycles. The Kier molecular flexibility index (Phi) is 3.49. The van der Waals surface area contributed by atoms with Crippen LogP contribution < -0.4 is 10.1 Å². The van der Waals surface area contributed by atoms with E-state index >= 15 is 0 Å². The fourth-order valence-corrected chi connectivity index (χ4v) is 2.43. The van der Waals surface area contributed by atoms with Gasteiger partial charge in [0, 0.05) is 16.6 Å². The Hall–Kier alpha value is -1.03. The second-order valence-electron chi connectivity index (χ2n) is 3.87. The van der Waals surface area contributed by atoms with Crippen molar-refractivity contribution in [3.63, 3.8) is 0 Å². The third-order valence-electron chi connectivity index (χ3n) is 2.85. The van der Waals surface area contributed by atoms with Gasteiger partial charge >= 0.3 is 0 Å². The van der Waals surface area contributed by atoms with Gasteiger partial charge in [-0.3, -0.25) is 4.79 Å². The lowest BCUT2D eigenvalue weighted by Gasteiger charge is -2.23. The molecule has 0 bridgehead atoms. The van der Waals surface area contributed by atoms with Crippen LogP contribution in [0.25, 0.3) is 0 Å². The molecule has 1 aromatic rings. The van der Waals surface area contributed by atoms with Gasteiger partial charge < -0.3 is 10.1 Å². The fraction of sp³-hybridized carbons (Fsp3) is 0.417. The molecule has 1 unspecified atom stereocenters. The highest BCUT2D eigenvalue weighted by Crippen LogP contribution is 2.33. The Balaban J connectivity index is 2.36. The third-order valence-corrected chi connectivity index (χ3v) is 3.35. The number of rotatable bonds is 2. The van der Waals surface area contributed by atoms with Crippen LogP contribution in [0.4, 0.5) is 0 Å². The Morgan fingerprint density at radius 1 is 1.50 bits per heavy atom. The van der Waals surface area contributed by atoms with Gasteiger partial charge in [-0.2, -0.15) is 0 Å². The van der Waals surface area contributed by atoms with Crippen molar-refractivity contribution in [2.75, 3.05) is 13.7 Å². The molecule has 1 fully saturated rings. The van der Waals surface area contributed by atoms with E-state index in [0.29, 0.717) is 0 Å². The van der Waals surface area contributed by atoms with Gasteiger partial charge in [0.2, 0.25) is 5.91 Å². The largest absolute Gasteiger partial charge is 0.496 e. The summed E-state index contributed by atoms with van der Waals surface area (Å²) in [5, 5.41) is 2.89. The first kappa shape index (κ1) is 11.5. The zero-order chi connectivity index (χ0) is 11.5. The molecular formula is C12H14BrNO2. The quantitative estimate of drug-likeness (QED) is 0.906. The van der Waals surface area contributed by atoms with Gasteiger partial charge in [0.25, 0.3) is 0 Å². The lowest BCUT2D eigenvalue weighted by molar-refractivity contribution is -0.123. The normalized spacial score (nSPS) is 20.4. The van der Waals surface area contributed by atoms with Crippen molar-refractivity contribution in [1.82, 2.24) is 5.32 Å². The summed E-state index contributed by atoms with van der Waals surface area (Å²) in [7, 11) is 1.63. The van der Waals surface area contributed by atoms with Crippen molar-refractivity contribution >= 4 is 21.8 Å². The second-order valence-corrected chi connectivity index (χ2v) is 4.79. The first-order chi connectivity index (χ1) is 7.72. The smallest absolute Gasteiger partial charge is 0.227 e. The SMILES string of the molecule is COc1ccc(Br)cc1C1CCCNC1=O. The van der Waals surface area contributed by atoms with Crippen LogP contribution in [-0.4, -0.2) is 19.6 Å². The summed E-state index contributed by atoms with van der Waals surface area (Å²) < 4.78 is 6.27. The highest BCUT2D eigenvalue weighted by atomic mass is 79.9. The number of ether oxygens (including phenoxy) is 1. The van der Waals surface area contributed by atoms with Gasteiger partial charge in [0.1, 0.15) is 5.75 Å². The molecule has 0 saturated carbocycles. The van der Waals surface area contributed by atoms with E-state index in [1.165, 1.54) is 0 Å².